The molecule has 0 spiro atoms. The second kappa shape index (κ2) is 6.99. The van der Waals surface area contributed by atoms with Gasteiger partial charge in [-0.15, -0.1) is 0 Å². The third-order valence-corrected chi connectivity index (χ3v) is 4.29. The predicted molar refractivity (Wildman–Crippen MR) is 91.1 cm³/mol. The van der Waals surface area contributed by atoms with E-state index in [-0.39, 0.29) is 0 Å². The fraction of sp³-hybridized carbons (Fsp3) is 0.353. The van der Waals surface area contributed by atoms with Crippen molar-refractivity contribution in [2.45, 2.75) is 12.8 Å². The number of ether oxygens (including phenoxy) is 1. The van der Waals surface area contributed by atoms with Crippen LogP contribution in [-0.2, 0) is 4.74 Å². The standard InChI is InChI=1S/C17H20ClN3O/c18-16-11-21-17(19)9-15(16)13-2-1-3-14(8-13)20-10-12-4-6-22-7-5-12/h1-3,8-9,11-12,20H,4-7,10H2,(H2,19,21). The molecule has 1 aromatic carbocycles. The zero-order chi connectivity index (χ0) is 15.4. The highest BCUT2D eigenvalue weighted by atomic mass is 35.5. The van der Waals surface area contributed by atoms with Gasteiger partial charge in [-0.1, -0.05) is 23.7 Å². The first kappa shape index (κ1) is 15.1. The van der Waals surface area contributed by atoms with E-state index in [1.54, 1.807) is 12.3 Å². The van der Waals surface area contributed by atoms with Crippen LogP contribution in [0, 0.1) is 5.92 Å². The van der Waals surface area contributed by atoms with E-state index in [0.29, 0.717) is 16.8 Å². The molecular formula is C17H20ClN3O. The highest BCUT2D eigenvalue weighted by molar-refractivity contribution is 6.33. The number of aromatic nitrogens is 1. The highest BCUT2D eigenvalue weighted by Gasteiger charge is 2.13. The lowest BCUT2D eigenvalue weighted by Gasteiger charge is -2.22. The van der Waals surface area contributed by atoms with Gasteiger partial charge in [0.2, 0.25) is 0 Å². The minimum Gasteiger partial charge on any atom is -0.385 e. The maximum Gasteiger partial charge on any atom is 0.124 e. The largest absolute Gasteiger partial charge is 0.385 e. The van der Waals surface area contributed by atoms with Gasteiger partial charge in [-0.25, -0.2) is 4.98 Å². The summed E-state index contributed by atoms with van der Waals surface area (Å²) < 4.78 is 5.39. The Kier molecular flexibility index (Phi) is 4.80. The van der Waals surface area contributed by atoms with Gasteiger partial charge in [-0.2, -0.15) is 0 Å². The minimum atomic E-state index is 0.472. The van der Waals surface area contributed by atoms with E-state index in [9.17, 15) is 0 Å². The van der Waals surface area contributed by atoms with Crippen molar-refractivity contribution in [3.63, 3.8) is 0 Å². The number of nitrogens with two attached hydrogens (primary N) is 1. The smallest absolute Gasteiger partial charge is 0.124 e. The molecule has 0 radical (unpaired) electrons. The van der Waals surface area contributed by atoms with Crippen LogP contribution in [0.15, 0.2) is 36.5 Å². The van der Waals surface area contributed by atoms with Crippen LogP contribution in [0.2, 0.25) is 5.02 Å². The van der Waals surface area contributed by atoms with Gasteiger partial charge in [0.15, 0.2) is 0 Å². The average Bonchev–Trinajstić information content (AvgIpc) is 2.56. The van der Waals surface area contributed by atoms with Crippen molar-refractivity contribution in [3.8, 4) is 11.1 Å². The molecule has 1 saturated heterocycles. The SMILES string of the molecule is Nc1cc(-c2cccc(NCC3CCOCC3)c2)c(Cl)cn1. The Morgan fingerprint density at radius 1 is 1.27 bits per heavy atom. The Hall–Kier alpha value is -1.78. The van der Waals surface area contributed by atoms with Gasteiger partial charge < -0.3 is 15.8 Å². The first-order valence-electron chi connectivity index (χ1n) is 7.55. The van der Waals surface area contributed by atoms with Crippen molar-refractivity contribution in [2.24, 2.45) is 5.92 Å². The summed E-state index contributed by atoms with van der Waals surface area (Å²) in [6, 6.07) is 10.0. The number of nitrogens with zero attached hydrogens (tertiary/aromatic N) is 1. The maximum absolute atomic E-state index is 6.23. The second-order valence-electron chi connectivity index (χ2n) is 5.61. The highest BCUT2D eigenvalue weighted by Crippen LogP contribution is 2.30. The van der Waals surface area contributed by atoms with Gasteiger partial charge >= 0.3 is 0 Å². The number of rotatable bonds is 4. The van der Waals surface area contributed by atoms with Gasteiger partial charge in [-0.3, -0.25) is 0 Å². The summed E-state index contributed by atoms with van der Waals surface area (Å²) in [6.45, 7) is 2.72. The van der Waals surface area contributed by atoms with E-state index in [1.807, 2.05) is 12.1 Å². The molecule has 2 aromatic rings. The van der Waals surface area contributed by atoms with Gasteiger partial charge in [0.05, 0.1) is 5.02 Å². The molecule has 1 fully saturated rings. The molecule has 0 unspecified atom stereocenters. The van der Waals surface area contributed by atoms with Crippen LogP contribution in [0.5, 0.6) is 0 Å². The molecule has 1 aliphatic heterocycles. The molecule has 4 nitrogen and oxygen atoms in total. The van der Waals surface area contributed by atoms with Crippen molar-refractivity contribution in [1.29, 1.82) is 0 Å². The van der Waals surface area contributed by atoms with Crippen molar-refractivity contribution in [1.82, 2.24) is 4.98 Å². The monoisotopic (exact) mass is 317 g/mol. The molecule has 2 heterocycles. The van der Waals surface area contributed by atoms with E-state index in [1.165, 1.54) is 0 Å². The van der Waals surface area contributed by atoms with Crippen molar-refractivity contribution in [2.75, 3.05) is 30.8 Å². The second-order valence-corrected chi connectivity index (χ2v) is 6.01. The quantitative estimate of drug-likeness (QED) is 0.900. The van der Waals surface area contributed by atoms with Crippen LogP contribution in [0.1, 0.15) is 12.8 Å². The number of hydrogen-bond acceptors (Lipinski definition) is 4. The van der Waals surface area contributed by atoms with Gasteiger partial charge in [0, 0.05) is 37.2 Å². The Balaban J connectivity index is 1.73. The molecular weight excluding hydrogens is 298 g/mol. The molecule has 0 atom stereocenters. The van der Waals surface area contributed by atoms with E-state index < -0.39 is 0 Å². The fourth-order valence-electron chi connectivity index (χ4n) is 2.69. The molecule has 0 amide bonds. The van der Waals surface area contributed by atoms with E-state index in [4.69, 9.17) is 22.1 Å². The van der Waals surface area contributed by atoms with Crippen molar-refractivity contribution >= 4 is 23.1 Å². The first-order chi connectivity index (χ1) is 10.7. The first-order valence-corrected chi connectivity index (χ1v) is 7.93. The van der Waals surface area contributed by atoms with Gasteiger partial charge in [-0.05, 0) is 42.5 Å². The normalized spacial score (nSPS) is 15.7. The van der Waals surface area contributed by atoms with Crippen LogP contribution in [0.3, 0.4) is 0 Å². The Labute approximate surface area is 135 Å². The topological polar surface area (TPSA) is 60.2 Å². The summed E-state index contributed by atoms with van der Waals surface area (Å²) in [6.07, 6.45) is 3.84. The number of pyridine rings is 1. The molecule has 116 valence electrons. The Morgan fingerprint density at radius 2 is 2.09 bits per heavy atom. The summed E-state index contributed by atoms with van der Waals surface area (Å²) in [5.74, 6) is 1.15. The van der Waals surface area contributed by atoms with E-state index in [2.05, 4.69) is 22.4 Å². The van der Waals surface area contributed by atoms with E-state index >= 15 is 0 Å². The third kappa shape index (κ3) is 3.70. The third-order valence-electron chi connectivity index (χ3n) is 3.99. The lowest BCUT2D eigenvalue weighted by atomic mass is 10.00. The summed E-state index contributed by atoms with van der Waals surface area (Å²) >= 11 is 6.23. The maximum atomic E-state index is 6.23. The molecule has 22 heavy (non-hydrogen) atoms. The number of nitrogen functional groups attached to an aromatic ring is 1. The van der Waals surface area contributed by atoms with Crippen LogP contribution in [-0.4, -0.2) is 24.7 Å². The van der Waals surface area contributed by atoms with Crippen molar-refractivity contribution < 1.29 is 4.74 Å². The molecule has 1 aromatic heterocycles. The van der Waals surface area contributed by atoms with Gasteiger partial charge in [0.1, 0.15) is 5.82 Å². The lowest BCUT2D eigenvalue weighted by Crippen LogP contribution is -2.22. The number of hydrogen-bond donors (Lipinski definition) is 2. The summed E-state index contributed by atoms with van der Waals surface area (Å²) in [7, 11) is 0. The minimum absolute atomic E-state index is 0.472. The fourth-order valence-corrected chi connectivity index (χ4v) is 2.90. The zero-order valence-corrected chi connectivity index (χ0v) is 13.1. The van der Waals surface area contributed by atoms with Crippen LogP contribution in [0.4, 0.5) is 11.5 Å². The summed E-state index contributed by atoms with van der Waals surface area (Å²) in [5.41, 5.74) is 8.80. The zero-order valence-electron chi connectivity index (χ0n) is 12.4. The molecule has 3 rings (SSSR count). The van der Waals surface area contributed by atoms with Gasteiger partial charge in [0.25, 0.3) is 0 Å². The molecule has 0 bridgehead atoms. The van der Waals surface area contributed by atoms with E-state index in [0.717, 1.165) is 49.4 Å². The summed E-state index contributed by atoms with van der Waals surface area (Å²) in [4.78, 5) is 4.00. The number of halogens is 1. The van der Waals surface area contributed by atoms with Crippen LogP contribution in [0.25, 0.3) is 11.1 Å². The number of anilines is 2. The molecule has 0 aliphatic carbocycles. The lowest BCUT2D eigenvalue weighted by molar-refractivity contribution is 0.0699. The average molecular weight is 318 g/mol. The molecule has 1 aliphatic rings. The predicted octanol–water partition coefficient (Wildman–Crippen LogP) is 3.82. The molecule has 3 N–H and O–H groups in total. The number of benzene rings is 1. The molecule has 5 heteroatoms. The van der Waals surface area contributed by atoms with Crippen LogP contribution < -0.4 is 11.1 Å². The number of nitrogens with one attached hydrogen (secondary N) is 1. The van der Waals surface area contributed by atoms with Crippen LogP contribution >= 0.6 is 11.6 Å². The molecule has 0 saturated carbocycles. The Morgan fingerprint density at radius 3 is 2.91 bits per heavy atom. The van der Waals surface area contributed by atoms with Crippen molar-refractivity contribution in [3.05, 3.63) is 41.6 Å². The summed E-state index contributed by atoms with van der Waals surface area (Å²) in [5, 5.41) is 4.12. The Bertz CT molecular complexity index is 642.